The monoisotopic (exact) mass is 397 g/mol. The van der Waals surface area contributed by atoms with Gasteiger partial charge < -0.3 is 25.0 Å². The van der Waals surface area contributed by atoms with Crippen LogP contribution in [0.15, 0.2) is 42.5 Å². The van der Waals surface area contributed by atoms with Crippen LogP contribution in [-0.2, 0) is 11.2 Å². The normalized spacial score (nSPS) is 13.6. The smallest absolute Gasteiger partial charge is 0.319 e. The molecule has 0 spiro atoms. The zero-order valence-electron chi connectivity index (χ0n) is 17.2. The third kappa shape index (κ3) is 4.62. The summed E-state index contributed by atoms with van der Waals surface area (Å²) in [7, 11) is 3.08. The van der Waals surface area contributed by atoms with Gasteiger partial charge in [-0.05, 0) is 24.0 Å². The molecule has 1 aliphatic heterocycles. The van der Waals surface area contributed by atoms with E-state index in [-0.39, 0.29) is 11.8 Å². The quantitative estimate of drug-likeness (QED) is 0.783. The first-order chi connectivity index (χ1) is 13.9. The van der Waals surface area contributed by atoms with E-state index in [0.29, 0.717) is 23.7 Å². The fraction of sp³-hybridized carbons (Fsp3) is 0.364. The molecule has 0 bridgehead atoms. The van der Waals surface area contributed by atoms with Crippen LogP contribution >= 0.6 is 0 Å². The maximum Gasteiger partial charge on any atom is 0.319 e. The van der Waals surface area contributed by atoms with Gasteiger partial charge in [-0.25, -0.2) is 4.79 Å². The van der Waals surface area contributed by atoms with Crippen LogP contribution in [0.4, 0.5) is 16.2 Å². The van der Waals surface area contributed by atoms with Gasteiger partial charge in [0.1, 0.15) is 17.5 Å². The molecule has 2 N–H and O–H groups in total. The van der Waals surface area contributed by atoms with Crippen molar-refractivity contribution in [3.8, 4) is 11.5 Å². The molecule has 1 heterocycles. The van der Waals surface area contributed by atoms with E-state index in [1.165, 1.54) is 0 Å². The second-order valence-electron chi connectivity index (χ2n) is 7.29. The Bertz CT molecular complexity index is 875. The minimum Gasteiger partial charge on any atom is -0.497 e. The molecule has 29 heavy (non-hydrogen) atoms. The zero-order chi connectivity index (χ0) is 21.0. The number of fused-ring (bicyclic) bond motifs is 1. The Morgan fingerprint density at radius 2 is 1.69 bits per heavy atom. The van der Waals surface area contributed by atoms with Crippen molar-refractivity contribution >= 4 is 23.3 Å². The summed E-state index contributed by atoms with van der Waals surface area (Å²) in [5.74, 6) is 0.943. The van der Waals surface area contributed by atoms with Crippen molar-refractivity contribution in [2.45, 2.75) is 26.3 Å². The lowest BCUT2D eigenvalue weighted by Gasteiger charge is -2.27. The van der Waals surface area contributed by atoms with Crippen LogP contribution in [-0.4, -0.2) is 38.7 Å². The predicted octanol–water partition coefficient (Wildman–Crippen LogP) is 3.44. The van der Waals surface area contributed by atoms with Crippen molar-refractivity contribution in [3.63, 3.8) is 0 Å². The molecule has 1 aliphatic rings. The highest BCUT2D eigenvalue weighted by Crippen LogP contribution is 2.29. The molecule has 0 saturated carbocycles. The van der Waals surface area contributed by atoms with Crippen LogP contribution in [0.25, 0.3) is 0 Å². The van der Waals surface area contributed by atoms with Gasteiger partial charge in [0.15, 0.2) is 0 Å². The summed E-state index contributed by atoms with van der Waals surface area (Å²) in [6.07, 6.45) is 0.822. The van der Waals surface area contributed by atoms with E-state index in [1.54, 1.807) is 37.3 Å². The number of carbonyl (C=O) groups is 2. The topological polar surface area (TPSA) is 79.9 Å². The van der Waals surface area contributed by atoms with Crippen LogP contribution in [0.1, 0.15) is 19.4 Å². The summed E-state index contributed by atoms with van der Waals surface area (Å²) in [6.45, 7) is 4.45. The number of hydrogen-bond donors (Lipinski definition) is 2. The maximum absolute atomic E-state index is 13.2. The van der Waals surface area contributed by atoms with E-state index in [4.69, 9.17) is 9.47 Å². The van der Waals surface area contributed by atoms with Crippen LogP contribution in [0, 0.1) is 5.92 Å². The van der Waals surface area contributed by atoms with E-state index in [9.17, 15) is 9.59 Å². The molecule has 3 amide bonds. The molecular weight excluding hydrogens is 370 g/mol. The molecule has 2 aromatic carbocycles. The number of anilines is 2. The van der Waals surface area contributed by atoms with Gasteiger partial charge in [-0.1, -0.05) is 32.0 Å². The molecule has 7 nitrogen and oxygen atoms in total. The molecule has 0 saturated heterocycles. The number of ether oxygens (including phenoxy) is 2. The van der Waals surface area contributed by atoms with E-state index >= 15 is 0 Å². The van der Waals surface area contributed by atoms with Crippen molar-refractivity contribution in [1.82, 2.24) is 5.32 Å². The lowest BCUT2D eigenvalue weighted by Crippen LogP contribution is -2.52. The number of amides is 3. The third-order valence-electron chi connectivity index (χ3n) is 4.98. The minimum absolute atomic E-state index is 0.0687. The Kier molecular flexibility index (Phi) is 6.26. The highest BCUT2D eigenvalue weighted by Gasteiger charge is 2.32. The summed E-state index contributed by atoms with van der Waals surface area (Å²) < 4.78 is 10.4. The van der Waals surface area contributed by atoms with Crippen LogP contribution in [0.3, 0.4) is 0 Å². The van der Waals surface area contributed by atoms with Gasteiger partial charge in [0, 0.05) is 36.1 Å². The van der Waals surface area contributed by atoms with Gasteiger partial charge in [-0.2, -0.15) is 0 Å². The average molecular weight is 397 g/mol. The molecular formula is C22H27N3O4. The molecule has 0 unspecified atom stereocenters. The summed E-state index contributed by atoms with van der Waals surface area (Å²) >= 11 is 0. The highest BCUT2D eigenvalue weighted by atomic mass is 16.5. The SMILES string of the molecule is COc1cc(NC(=O)N[C@H](C(=O)N2CCc3ccccc32)C(C)C)cc(OC)c1. The molecule has 1 atom stereocenters. The van der Waals surface area contributed by atoms with E-state index in [0.717, 1.165) is 17.7 Å². The first-order valence-corrected chi connectivity index (χ1v) is 9.62. The number of carbonyl (C=O) groups excluding carboxylic acids is 2. The molecule has 0 radical (unpaired) electrons. The van der Waals surface area contributed by atoms with Gasteiger partial charge in [0.2, 0.25) is 5.91 Å². The Hall–Kier alpha value is -3.22. The van der Waals surface area contributed by atoms with E-state index in [2.05, 4.69) is 10.6 Å². The number of nitrogens with one attached hydrogen (secondary N) is 2. The lowest BCUT2D eigenvalue weighted by atomic mass is 10.0. The number of rotatable bonds is 6. The maximum atomic E-state index is 13.2. The Morgan fingerprint density at radius 1 is 1.03 bits per heavy atom. The van der Waals surface area contributed by atoms with Gasteiger partial charge in [0.25, 0.3) is 0 Å². The molecule has 7 heteroatoms. The van der Waals surface area contributed by atoms with Gasteiger partial charge in [-0.15, -0.1) is 0 Å². The van der Waals surface area contributed by atoms with Gasteiger partial charge in [-0.3, -0.25) is 4.79 Å². The highest BCUT2D eigenvalue weighted by molar-refractivity contribution is 6.02. The fourth-order valence-electron chi connectivity index (χ4n) is 3.44. The number of methoxy groups -OCH3 is 2. The first kappa shape index (κ1) is 20.5. The van der Waals surface area contributed by atoms with Crippen LogP contribution in [0.2, 0.25) is 0 Å². The Labute approximate surface area is 171 Å². The average Bonchev–Trinajstić information content (AvgIpc) is 3.15. The van der Waals surface area contributed by atoms with Crippen molar-refractivity contribution < 1.29 is 19.1 Å². The zero-order valence-corrected chi connectivity index (χ0v) is 17.2. The minimum atomic E-state index is -0.645. The number of benzene rings is 2. The van der Waals surface area contributed by atoms with E-state index < -0.39 is 12.1 Å². The molecule has 3 rings (SSSR count). The molecule has 154 valence electrons. The first-order valence-electron chi connectivity index (χ1n) is 9.62. The molecule has 0 fully saturated rings. The van der Waals surface area contributed by atoms with Crippen molar-refractivity contribution in [2.24, 2.45) is 5.92 Å². The Balaban J connectivity index is 1.72. The van der Waals surface area contributed by atoms with E-state index in [1.807, 2.05) is 38.1 Å². The second kappa shape index (κ2) is 8.86. The van der Waals surface area contributed by atoms with Gasteiger partial charge >= 0.3 is 6.03 Å². The second-order valence-corrected chi connectivity index (χ2v) is 7.29. The summed E-state index contributed by atoms with van der Waals surface area (Å²) in [6, 6.07) is 11.9. The molecule has 0 aromatic heterocycles. The number of urea groups is 1. The van der Waals surface area contributed by atoms with Crippen molar-refractivity contribution in [3.05, 3.63) is 48.0 Å². The van der Waals surface area contributed by atoms with Crippen LogP contribution in [0.5, 0.6) is 11.5 Å². The standard InChI is InChI=1S/C22H27N3O4/c1-14(2)20(21(26)25-10-9-15-7-5-6-8-19(15)25)24-22(27)23-16-11-17(28-3)13-18(12-16)29-4/h5-8,11-14,20H,9-10H2,1-4H3,(H2,23,24,27)/t20-/m0/s1. The number of para-hydroxylation sites is 1. The third-order valence-corrected chi connectivity index (χ3v) is 4.98. The summed E-state index contributed by atoms with van der Waals surface area (Å²) in [5, 5.41) is 5.59. The van der Waals surface area contributed by atoms with Crippen LogP contribution < -0.4 is 25.0 Å². The fourth-order valence-corrected chi connectivity index (χ4v) is 3.44. The molecule has 0 aliphatic carbocycles. The molecule has 2 aromatic rings. The number of hydrogen-bond acceptors (Lipinski definition) is 4. The predicted molar refractivity (Wildman–Crippen MR) is 113 cm³/mol. The number of nitrogens with zero attached hydrogens (tertiary/aromatic N) is 1. The van der Waals surface area contributed by atoms with Crippen molar-refractivity contribution in [2.75, 3.05) is 31.0 Å². The summed E-state index contributed by atoms with van der Waals surface area (Å²) in [5.41, 5.74) is 2.58. The van der Waals surface area contributed by atoms with Crippen molar-refractivity contribution in [1.29, 1.82) is 0 Å². The van der Waals surface area contributed by atoms with Gasteiger partial charge in [0.05, 0.1) is 14.2 Å². The Morgan fingerprint density at radius 3 is 2.31 bits per heavy atom. The largest absolute Gasteiger partial charge is 0.497 e. The summed E-state index contributed by atoms with van der Waals surface area (Å²) in [4.78, 5) is 27.6. The lowest BCUT2D eigenvalue weighted by molar-refractivity contribution is -0.121.